The standard InChI is InChI=1S/C12H14ClNOS/c1-8-4-10(2-3-11(8)13)14-6-9(7-16)5-12(14)15/h2-4,9,16H,5-7H2,1H3. The third kappa shape index (κ3) is 2.20. The Balaban J connectivity index is 2.24. The fraction of sp³-hybridized carbons (Fsp3) is 0.417. The molecular formula is C12H14ClNOS. The van der Waals surface area contributed by atoms with Crippen LogP contribution in [0.3, 0.4) is 0 Å². The number of aryl methyl sites for hydroxylation is 1. The maximum Gasteiger partial charge on any atom is 0.227 e. The molecule has 0 aliphatic carbocycles. The molecule has 0 spiro atoms. The predicted molar refractivity (Wildman–Crippen MR) is 70.5 cm³/mol. The summed E-state index contributed by atoms with van der Waals surface area (Å²) in [4.78, 5) is 13.6. The summed E-state index contributed by atoms with van der Waals surface area (Å²) in [5.74, 6) is 1.31. The third-order valence-corrected chi connectivity index (χ3v) is 3.86. The molecule has 1 amide bonds. The molecule has 1 heterocycles. The molecule has 1 aromatic rings. The number of nitrogens with zero attached hydrogens (tertiary/aromatic N) is 1. The van der Waals surface area contributed by atoms with Gasteiger partial charge in [-0.05, 0) is 42.4 Å². The molecule has 0 radical (unpaired) electrons. The molecule has 1 aliphatic heterocycles. The summed E-state index contributed by atoms with van der Waals surface area (Å²) in [7, 11) is 0. The summed E-state index contributed by atoms with van der Waals surface area (Å²) < 4.78 is 0. The van der Waals surface area contributed by atoms with Crippen molar-refractivity contribution in [3.05, 3.63) is 28.8 Å². The van der Waals surface area contributed by atoms with Gasteiger partial charge in [-0.3, -0.25) is 4.79 Å². The van der Waals surface area contributed by atoms with Crippen molar-refractivity contribution in [2.45, 2.75) is 13.3 Å². The van der Waals surface area contributed by atoms with Crippen molar-refractivity contribution in [2.24, 2.45) is 5.92 Å². The second kappa shape index (κ2) is 4.68. The van der Waals surface area contributed by atoms with Crippen LogP contribution in [0.4, 0.5) is 5.69 Å². The number of anilines is 1. The van der Waals surface area contributed by atoms with Crippen LogP contribution >= 0.6 is 24.2 Å². The number of benzene rings is 1. The number of rotatable bonds is 2. The van der Waals surface area contributed by atoms with E-state index in [1.807, 2.05) is 30.0 Å². The van der Waals surface area contributed by atoms with Crippen LogP contribution in [0.15, 0.2) is 18.2 Å². The Hall–Kier alpha value is -0.670. The molecule has 1 aromatic carbocycles. The van der Waals surface area contributed by atoms with Crippen LogP contribution < -0.4 is 4.90 Å². The topological polar surface area (TPSA) is 20.3 Å². The molecule has 0 N–H and O–H groups in total. The lowest BCUT2D eigenvalue weighted by molar-refractivity contribution is -0.117. The Kier molecular flexibility index (Phi) is 3.45. The van der Waals surface area contributed by atoms with Crippen molar-refractivity contribution >= 4 is 35.8 Å². The van der Waals surface area contributed by atoms with Gasteiger partial charge in [-0.25, -0.2) is 0 Å². The smallest absolute Gasteiger partial charge is 0.227 e. The molecule has 1 unspecified atom stereocenters. The average molecular weight is 256 g/mol. The van der Waals surface area contributed by atoms with E-state index in [-0.39, 0.29) is 5.91 Å². The molecule has 86 valence electrons. The number of thiol groups is 1. The minimum absolute atomic E-state index is 0.181. The van der Waals surface area contributed by atoms with E-state index in [0.717, 1.165) is 28.6 Å². The number of amides is 1. The SMILES string of the molecule is Cc1cc(N2CC(CS)CC2=O)ccc1Cl. The quantitative estimate of drug-likeness (QED) is 0.806. The largest absolute Gasteiger partial charge is 0.312 e. The Morgan fingerprint density at radius 1 is 1.56 bits per heavy atom. The predicted octanol–water partition coefficient (Wildman–Crippen LogP) is 2.93. The highest BCUT2D eigenvalue weighted by molar-refractivity contribution is 7.80. The zero-order valence-corrected chi connectivity index (χ0v) is 10.8. The van der Waals surface area contributed by atoms with Gasteiger partial charge in [0.2, 0.25) is 5.91 Å². The Labute approximate surface area is 106 Å². The van der Waals surface area contributed by atoms with E-state index in [1.165, 1.54) is 0 Å². The molecule has 0 saturated carbocycles. The summed E-state index contributed by atoms with van der Waals surface area (Å²) in [6.45, 7) is 2.71. The van der Waals surface area contributed by atoms with E-state index < -0.39 is 0 Å². The number of carbonyl (C=O) groups excluding carboxylic acids is 1. The van der Waals surface area contributed by atoms with Crippen LogP contribution in [0.25, 0.3) is 0 Å². The fourth-order valence-corrected chi connectivity index (χ4v) is 2.31. The number of carbonyl (C=O) groups is 1. The van der Waals surface area contributed by atoms with Crippen LogP contribution in [0.1, 0.15) is 12.0 Å². The van der Waals surface area contributed by atoms with Crippen LogP contribution in [-0.4, -0.2) is 18.2 Å². The summed E-state index contributed by atoms with van der Waals surface area (Å²) in [5.41, 5.74) is 1.94. The van der Waals surface area contributed by atoms with Crippen LogP contribution in [0.2, 0.25) is 5.02 Å². The molecule has 2 rings (SSSR count). The van der Waals surface area contributed by atoms with Crippen LogP contribution in [0.5, 0.6) is 0 Å². The molecule has 1 atom stereocenters. The van der Waals surface area contributed by atoms with E-state index in [1.54, 1.807) is 0 Å². The lowest BCUT2D eigenvalue weighted by Gasteiger charge is -2.17. The van der Waals surface area contributed by atoms with Crippen molar-refractivity contribution in [3.63, 3.8) is 0 Å². The molecular weight excluding hydrogens is 242 g/mol. The van der Waals surface area contributed by atoms with Gasteiger partial charge in [0.15, 0.2) is 0 Å². The third-order valence-electron chi connectivity index (χ3n) is 2.92. The van der Waals surface area contributed by atoms with Crippen molar-refractivity contribution in [1.82, 2.24) is 0 Å². The van der Waals surface area contributed by atoms with Gasteiger partial charge >= 0.3 is 0 Å². The average Bonchev–Trinajstić information content (AvgIpc) is 2.64. The Bertz CT molecular complexity index is 421. The number of halogens is 1. The van der Waals surface area contributed by atoms with Crippen molar-refractivity contribution in [1.29, 1.82) is 0 Å². The van der Waals surface area contributed by atoms with E-state index in [4.69, 9.17) is 11.6 Å². The maximum atomic E-state index is 11.8. The van der Waals surface area contributed by atoms with Crippen LogP contribution in [-0.2, 0) is 4.79 Å². The monoisotopic (exact) mass is 255 g/mol. The number of hydrogen-bond acceptors (Lipinski definition) is 2. The first-order valence-electron chi connectivity index (χ1n) is 5.29. The van der Waals surface area contributed by atoms with Crippen LogP contribution in [0, 0.1) is 12.8 Å². The van der Waals surface area contributed by atoms with Gasteiger partial charge in [0, 0.05) is 23.7 Å². The van der Waals surface area contributed by atoms with Gasteiger partial charge in [-0.1, -0.05) is 11.6 Å². The van der Waals surface area contributed by atoms with Gasteiger partial charge in [0.25, 0.3) is 0 Å². The van der Waals surface area contributed by atoms with E-state index >= 15 is 0 Å². The molecule has 1 aliphatic rings. The summed E-state index contributed by atoms with van der Waals surface area (Å²) in [5, 5.41) is 0.737. The summed E-state index contributed by atoms with van der Waals surface area (Å²) >= 11 is 10.2. The van der Waals surface area contributed by atoms with Crippen molar-refractivity contribution in [3.8, 4) is 0 Å². The zero-order valence-electron chi connectivity index (χ0n) is 9.11. The first-order chi connectivity index (χ1) is 7.61. The van der Waals surface area contributed by atoms with Gasteiger partial charge in [0.1, 0.15) is 0 Å². The first-order valence-corrected chi connectivity index (χ1v) is 6.30. The van der Waals surface area contributed by atoms with Crippen molar-refractivity contribution < 1.29 is 4.79 Å². The molecule has 0 aromatic heterocycles. The molecule has 1 saturated heterocycles. The van der Waals surface area contributed by atoms with Gasteiger partial charge in [-0.2, -0.15) is 12.6 Å². The lowest BCUT2D eigenvalue weighted by atomic mass is 10.1. The molecule has 0 bridgehead atoms. The van der Waals surface area contributed by atoms with E-state index in [9.17, 15) is 4.79 Å². The Morgan fingerprint density at radius 2 is 2.31 bits per heavy atom. The first kappa shape index (κ1) is 11.8. The molecule has 1 fully saturated rings. The van der Waals surface area contributed by atoms with Gasteiger partial charge in [-0.15, -0.1) is 0 Å². The second-order valence-electron chi connectivity index (χ2n) is 4.19. The highest BCUT2D eigenvalue weighted by Crippen LogP contribution is 2.28. The van der Waals surface area contributed by atoms with E-state index in [2.05, 4.69) is 12.6 Å². The fourth-order valence-electron chi connectivity index (χ4n) is 1.95. The van der Waals surface area contributed by atoms with E-state index in [0.29, 0.717) is 12.3 Å². The zero-order chi connectivity index (χ0) is 11.7. The van der Waals surface area contributed by atoms with Gasteiger partial charge in [0.05, 0.1) is 0 Å². The van der Waals surface area contributed by atoms with Gasteiger partial charge < -0.3 is 4.90 Å². The molecule has 2 nitrogen and oxygen atoms in total. The second-order valence-corrected chi connectivity index (χ2v) is 4.96. The van der Waals surface area contributed by atoms with Crippen molar-refractivity contribution in [2.75, 3.05) is 17.2 Å². The molecule has 16 heavy (non-hydrogen) atoms. The minimum atomic E-state index is 0.181. The molecule has 4 heteroatoms. The summed E-state index contributed by atoms with van der Waals surface area (Å²) in [6, 6.07) is 5.70. The minimum Gasteiger partial charge on any atom is -0.312 e. The highest BCUT2D eigenvalue weighted by atomic mass is 35.5. The number of hydrogen-bond donors (Lipinski definition) is 1. The maximum absolute atomic E-state index is 11.8. The Morgan fingerprint density at radius 3 is 2.88 bits per heavy atom. The normalized spacial score (nSPS) is 20.6. The highest BCUT2D eigenvalue weighted by Gasteiger charge is 2.29. The lowest BCUT2D eigenvalue weighted by Crippen LogP contribution is -2.24. The summed E-state index contributed by atoms with van der Waals surface area (Å²) in [6.07, 6.45) is 0.602.